The van der Waals surface area contributed by atoms with Crippen LogP contribution in [0.4, 0.5) is 0 Å². The highest BCUT2D eigenvalue weighted by Gasteiger charge is 2.48. The molecule has 0 aliphatic carbocycles. The van der Waals surface area contributed by atoms with Crippen molar-refractivity contribution >= 4 is 11.8 Å². The van der Waals surface area contributed by atoms with Gasteiger partial charge in [-0.05, 0) is 71.7 Å². The molecule has 0 radical (unpaired) electrons. The number of allylic oxidation sites excluding steroid dienone is 3. The van der Waals surface area contributed by atoms with Crippen LogP contribution in [0.2, 0.25) is 0 Å². The van der Waals surface area contributed by atoms with Gasteiger partial charge in [0.15, 0.2) is 18.4 Å². The van der Waals surface area contributed by atoms with Crippen LogP contribution in [0.15, 0.2) is 64.5 Å². The molecule has 17 heteroatoms. The van der Waals surface area contributed by atoms with Crippen molar-refractivity contribution in [3.63, 3.8) is 0 Å². The molecule has 0 amide bonds. The Bertz CT molecular complexity index is 1720. The molecule has 64 heavy (non-hydrogen) atoms. The van der Waals surface area contributed by atoms with E-state index < -0.39 is 109 Å². The lowest BCUT2D eigenvalue weighted by Crippen LogP contribution is -2.63. The first kappa shape index (κ1) is 51.8. The van der Waals surface area contributed by atoms with E-state index in [-0.39, 0.29) is 24.9 Å². The number of hydrogen-bond acceptors (Lipinski definition) is 17. The molecule has 360 valence electrons. The minimum Gasteiger partial charge on any atom is -0.462 e. The summed E-state index contributed by atoms with van der Waals surface area (Å²) in [5.41, 5.74) is 1.78. The van der Waals surface area contributed by atoms with Crippen LogP contribution in [0.5, 0.6) is 0 Å². The largest absolute Gasteiger partial charge is 0.462 e. The summed E-state index contributed by atoms with van der Waals surface area (Å²) in [4.78, 5) is 29.6. The van der Waals surface area contributed by atoms with Crippen LogP contribution < -0.4 is 0 Å². The number of methoxy groups -OCH3 is 2. The molecule has 5 rings (SSSR count). The van der Waals surface area contributed by atoms with Gasteiger partial charge >= 0.3 is 5.97 Å². The molecule has 1 unspecified atom stereocenters. The number of carbonyl (C=O) groups is 2. The van der Waals surface area contributed by atoms with Crippen molar-refractivity contribution in [2.45, 2.75) is 153 Å². The van der Waals surface area contributed by atoms with Gasteiger partial charge in [0.1, 0.15) is 36.6 Å². The van der Waals surface area contributed by atoms with Crippen molar-refractivity contribution in [3.05, 3.63) is 59.7 Å². The van der Waals surface area contributed by atoms with Gasteiger partial charge in [0.2, 0.25) is 0 Å². The summed E-state index contributed by atoms with van der Waals surface area (Å²) in [7, 11) is 6.48. The second kappa shape index (κ2) is 24.0. The van der Waals surface area contributed by atoms with Gasteiger partial charge in [-0.2, -0.15) is 5.11 Å². The summed E-state index contributed by atoms with van der Waals surface area (Å²) < 4.78 is 42.6. The fraction of sp³-hybridized carbons (Fsp3) is 0.745. The van der Waals surface area contributed by atoms with Gasteiger partial charge in [-0.25, -0.2) is 0 Å². The Labute approximate surface area is 378 Å². The number of likely N-dealkylation sites (N-methyl/N-ethyl adjacent to an activating group) is 1. The van der Waals surface area contributed by atoms with E-state index in [4.69, 9.17) is 33.2 Å². The Morgan fingerprint density at radius 2 is 1.55 bits per heavy atom. The van der Waals surface area contributed by atoms with Crippen LogP contribution in [0.3, 0.4) is 0 Å². The Hall–Kier alpha value is -3.20. The minimum absolute atomic E-state index is 0.0229. The molecule has 18 atom stereocenters. The van der Waals surface area contributed by atoms with Gasteiger partial charge in [-0.15, -0.1) is 0 Å². The number of cyclic esters (lactones) is 1. The molecule has 4 aliphatic rings. The van der Waals surface area contributed by atoms with Crippen LogP contribution >= 0.6 is 0 Å². The normalized spacial score (nSPS) is 40.9. The predicted octanol–water partition coefficient (Wildman–Crippen LogP) is 3.79. The smallest absolute Gasteiger partial charge is 0.308 e. The topological polar surface area (TPSA) is 211 Å². The van der Waals surface area contributed by atoms with Crippen LogP contribution in [-0.2, 0) is 42.7 Å². The monoisotopic (exact) mass is 903 g/mol. The van der Waals surface area contributed by atoms with E-state index in [1.165, 1.54) is 14.2 Å². The summed E-state index contributed by atoms with van der Waals surface area (Å²) in [5, 5.41) is 56.2. The fourth-order valence-electron chi connectivity index (χ4n) is 9.39. The molecule has 1 aromatic carbocycles. The standard InChI is InChI=1S/C47H74N4O13/c1-11-37-33(25-60-47-45(59-10)44(58-9)41(56)30(6)62-47)21-26(2)17-18-35(52)27(3)22-32(19-20-51-24-34(48-49-51)31-15-13-12-14-16-31)43(28(4)36(53)23-38(54)63-37)64-46-42(57)39(50(7)8)40(55)29(5)61-46/h12-18,21,27-30,32-34,36-37,39-47,53,55-57H,11,19-20,22-25H2,1-10H3/b18-17+,26-21+/t27-,28+,29-,30-,32+,33-,34?,36-,37-,39+,40-,41-,42-,43-,44-,45-,46+,47-/m1/s1. The first-order valence-corrected chi connectivity index (χ1v) is 22.8. The van der Waals surface area contributed by atoms with E-state index in [1.807, 2.05) is 62.2 Å². The highest BCUT2D eigenvalue weighted by atomic mass is 16.7. The number of nitrogens with zero attached hydrogens (tertiary/aromatic N) is 4. The van der Waals surface area contributed by atoms with E-state index in [0.29, 0.717) is 32.4 Å². The molecule has 0 spiro atoms. The fourth-order valence-corrected chi connectivity index (χ4v) is 9.39. The van der Waals surface area contributed by atoms with E-state index >= 15 is 0 Å². The number of esters is 1. The quantitative estimate of drug-likeness (QED) is 0.208. The van der Waals surface area contributed by atoms with E-state index in [9.17, 15) is 30.0 Å². The van der Waals surface area contributed by atoms with Gasteiger partial charge in [0.05, 0.1) is 56.1 Å². The number of benzene rings is 1. The lowest BCUT2D eigenvalue weighted by Gasteiger charge is -2.46. The first-order valence-electron chi connectivity index (χ1n) is 22.8. The van der Waals surface area contributed by atoms with Crippen LogP contribution in [0.25, 0.3) is 0 Å². The summed E-state index contributed by atoms with van der Waals surface area (Å²) >= 11 is 0. The van der Waals surface area contributed by atoms with E-state index in [1.54, 1.807) is 51.9 Å². The highest BCUT2D eigenvalue weighted by Crippen LogP contribution is 2.36. The third-order valence-corrected chi connectivity index (χ3v) is 13.4. The number of ketones is 1. The zero-order valence-electron chi connectivity index (χ0n) is 39.2. The molecule has 4 N–H and O–H groups in total. The highest BCUT2D eigenvalue weighted by molar-refractivity contribution is 5.91. The number of aliphatic hydroxyl groups excluding tert-OH is 4. The molecule has 17 nitrogen and oxygen atoms in total. The molecule has 2 saturated heterocycles. The number of aliphatic hydroxyl groups is 4. The lowest BCUT2D eigenvalue weighted by atomic mass is 9.79. The molecular weight excluding hydrogens is 829 g/mol. The number of ether oxygens (including phenoxy) is 7. The molecule has 0 saturated carbocycles. The number of hydrogen-bond donors (Lipinski definition) is 4. The van der Waals surface area contributed by atoms with Crippen molar-refractivity contribution in [2.24, 2.45) is 34.0 Å². The van der Waals surface area contributed by atoms with Crippen molar-refractivity contribution in [1.82, 2.24) is 9.91 Å². The van der Waals surface area contributed by atoms with Gasteiger partial charge in [-0.3, -0.25) is 14.6 Å². The third-order valence-electron chi connectivity index (χ3n) is 13.4. The third kappa shape index (κ3) is 13.0. The summed E-state index contributed by atoms with van der Waals surface area (Å²) in [6.45, 7) is 11.8. The van der Waals surface area contributed by atoms with Crippen molar-refractivity contribution in [1.29, 1.82) is 0 Å². The zero-order valence-corrected chi connectivity index (χ0v) is 39.2. The Morgan fingerprint density at radius 3 is 2.20 bits per heavy atom. The number of carbonyl (C=O) groups excluding carboxylic acids is 2. The van der Waals surface area contributed by atoms with E-state index in [2.05, 4.69) is 10.3 Å². The Morgan fingerprint density at radius 1 is 0.875 bits per heavy atom. The molecule has 4 heterocycles. The van der Waals surface area contributed by atoms with Crippen molar-refractivity contribution < 1.29 is 63.2 Å². The van der Waals surface area contributed by atoms with Crippen LogP contribution in [-0.4, -0.2) is 170 Å². The maximum Gasteiger partial charge on any atom is 0.308 e. The van der Waals surface area contributed by atoms with E-state index in [0.717, 1.165) is 11.1 Å². The predicted molar refractivity (Wildman–Crippen MR) is 235 cm³/mol. The summed E-state index contributed by atoms with van der Waals surface area (Å²) in [6, 6.07) is 9.06. The van der Waals surface area contributed by atoms with Crippen molar-refractivity contribution in [2.75, 3.05) is 48.0 Å². The average Bonchev–Trinajstić information content (AvgIpc) is 3.75. The van der Waals surface area contributed by atoms with Crippen LogP contribution in [0, 0.1) is 23.7 Å². The molecule has 1 aromatic rings. The SMILES string of the molecule is CC[C@H]1OC(=O)C[C@@H](O)[C@H](C)[C@@H](O[C@@H]2O[C@H](C)[C@@H](O)[C@H](N(C)C)[C@H]2O)[C@@H](CCN2CC(c3ccccc3)N=N2)C[C@@H](C)C(=O)/C=C/C(C)=C/[C@@H]1CO[C@@H]1O[C@H](C)[C@@H](O)[C@@H](OC)[C@H]1OC. The molecule has 0 aromatic heterocycles. The zero-order chi connectivity index (χ0) is 46.8. The Balaban J connectivity index is 1.45. The summed E-state index contributed by atoms with van der Waals surface area (Å²) in [5.74, 6) is -2.93. The van der Waals surface area contributed by atoms with Gasteiger partial charge in [-0.1, -0.05) is 74.1 Å². The number of rotatable bonds is 13. The van der Waals surface area contributed by atoms with Gasteiger partial charge in [0, 0.05) is 38.5 Å². The first-order chi connectivity index (χ1) is 30.5. The summed E-state index contributed by atoms with van der Waals surface area (Å²) in [6.07, 6.45) is -4.97. The molecule has 4 aliphatic heterocycles. The second-order valence-electron chi connectivity index (χ2n) is 18.3. The Kier molecular flexibility index (Phi) is 19.4. The molecule has 0 bridgehead atoms. The lowest BCUT2D eigenvalue weighted by molar-refractivity contribution is -0.304. The molecule has 2 fully saturated rings. The minimum atomic E-state index is -1.28. The second-order valence-corrected chi connectivity index (χ2v) is 18.3. The van der Waals surface area contributed by atoms with Crippen LogP contribution in [0.1, 0.15) is 78.8 Å². The van der Waals surface area contributed by atoms with Crippen molar-refractivity contribution in [3.8, 4) is 0 Å². The van der Waals surface area contributed by atoms with Gasteiger partial charge in [0.25, 0.3) is 0 Å². The van der Waals surface area contributed by atoms with Gasteiger partial charge < -0.3 is 58.5 Å². The average molecular weight is 903 g/mol. The maximum absolute atomic E-state index is 14.0. The molecular formula is C47H74N4O13. The maximum atomic E-state index is 14.0.